The van der Waals surface area contributed by atoms with Gasteiger partial charge in [0.25, 0.3) is 0 Å². The minimum atomic E-state index is -1.08. The van der Waals surface area contributed by atoms with Crippen LogP contribution in [0.15, 0.2) is 29.7 Å². The van der Waals surface area contributed by atoms with E-state index >= 15 is 0 Å². The number of aliphatic hydroxyl groups is 1. The molecule has 12 nitrogen and oxygen atoms in total. The van der Waals surface area contributed by atoms with Crippen molar-refractivity contribution in [1.82, 2.24) is 24.3 Å². The third-order valence-corrected chi connectivity index (χ3v) is 5.47. The largest absolute Gasteiger partial charge is 0.384 e. The molecule has 0 amide bonds. The van der Waals surface area contributed by atoms with Crippen LogP contribution < -0.4 is 5.69 Å². The number of nitrogens with zero attached hydrogens (tertiary/aromatic N) is 5. The highest BCUT2D eigenvalue weighted by Crippen LogP contribution is 2.43. The topological polar surface area (TPSA) is 132 Å². The van der Waals surface area contributed by atoms with Crippen LogP contribution in [0.1, 0.15) is 33.9 Å². The Hall–Kier alpha value is -2.22. The monoisotopic (exact) mass is 451 g/mol. The Kier molecular flexibility index (Phi) is 6.18. The average molecular weight is 451 g/mol. The summed E-state index contributed by atoms with van der Waals surface area (Å²) in [6.07, 6.45) is 0.915. The second-order valence-corrected chi connectivity index (χ2v) is 9.05. The lowest BCUT2D eigenvalue weighted by molar-refractivity contribution is -0.225. The first-order valence-corrected chi connectivity index (χ1v) is 10.4. The number of hydrogen-bond acceptors (Lipinski definition) is 10. The summed E-state index contributed by atoms with van der Waals surface area (Å²) >= 11 is 0. The van der Waals surface area contributed by atoms with Crippen LogP contribution in [0.3, 0.4) is 0 Å². The fourth-order valence-electron chi connectivity index (χ4n) is 3.92. The van der Waals surface area contributed by atoms with Crippen LogP contribution >= 0.6 is 0 Å². The van der Waals surface area contributed by atoms with Crippen molar-refractivity contribution in [2.24, 2.45) is 5.41 Å². The molecule has 1 N–H and O–H groups in total. The number of methoxy groups -OCH3 is 1. The van der Waals surface area contributed by atoms with E-state index in [1.165, 1.54) is 21.9 Å². The minimum absolute atomic E-state index is 0.0463. The van der Waals surface area contributed by atoms with Gasteiger partial charge in [-0.25, -0.2) is 14.5 Å². The molecule has 4 heterocycles. The van der Waals surface area contributed by atoms with Gasteiger partial charge in [-0.2, -0.15) is 10.1 Å². The summed E-state index contributed by atoms with van der Waals surface area (Å²) in [6, 6.07) is 1.64. The highest BCUT2D eigenvalue weighted by atomic mass is 16.8. The van der Waals surface area contributed by atoms with Gasteiger partial charge < -0.3 is 28.8 Å². The van der Waals surface area contributed by atoms with Crippen molar-refractivity contribution in [3.8, 4) is 5.82 Å². The standard InChI is InChI=1S/C20H29N5O7/c1-19(2,9-28-5)17(26)29-8-12-14-15(32-20(3,4)31-14)16(30-12)24-7-6-13(23-18(24)27)25-11-21-10-22-25/h6-7,10-12,14-17,26H,8-9H2,1-5H3/t12-,14-,15-,16-,17?/m1/s1. The van der Waals surface area contributed by atoms with E-state index in [4.69, 9.17) is 23.7 Å². The summed E-state index contributed by atoms with van der Waals surface area (Å²) in [7, 11) is 1.56. The van der Waals surface area contributed by atoms with Gasteiger partial charge in [0.05, 0.1) is 13.2 Å². The molecular weight excluding hydrogens is 422 g/mol. The molecule has 2 aromatic heterocycles. The van der Waals surface area contributed by atoms with Gasteiger partial charge in [0, 0.05) is 18.7 Å². The summed E-state index contributed by atoms with van der Waals surface area (Å²) in [5.74, 6) is -0.521. The van der Waals surface area contributed by atoms with E-state index in [1.54, 1.807) is 33.2 Å². The van der Waals surface area contributed by atoms with Gasteiger partial charge in [-0.3, -0.25) is 4.57 Å². The lowest BCUT2D eigenvalue weighted by Gasteiger charge is -2.31. The van der Waals surface area contributed by atoms with Crippen LogP contribution in [0.4, 0.5) is 0 Å². The second-order valence-electron chi connectivity index (χ2n) is 9.05. The molecule has 2 saturated heterocycles. The first-order chi connectivity index (χ1) is 15.1. The zero-order chi connectivity index (χ0) is 23.1. The molecule has 2 fully saturated rings. The van der Waals surface area contributed by atoms with Crippen LogP contribution in [0.2, 0.25) is 0 Å². The van der Waals surface area contributed by atoms with Gasteiger partial charge in [-0.15, -0.1) is 0 Å². The molecule has 5 atom stereocenters. The fraction of sp³-hybridized carbons (Fsp3) is 0.700. The predicted molar refractivity (Wildman–Crippen MR) is 109 cm³/mol. The molecule has 0 saturated carbocycles. The molecule has 12 heteroatoms. The number of hydrogen-bond donors (Lipinski definition) is 1. The molecule has 32 heavy (non-hydrogen) atoms. The molecule has 0 radical (unpaired) electrons. The van der Waals surface area contributed by atoms with E-state index in [0.717, 1.165) is 0 Å². The van der Waals surface area contributed by atoms with Crippen molar-refractivity contribution in [3.05, 3.63) is 35.4 Å². The maximum Gasteiger partial charge on any atom is 0.351 e. The Morgan fingerprint density at radius 2 is 2.06 bits per heavy atom. The van der Waals surface area contributed by atoms with E-state index in [2.05, 4.69) is 15.1 Å². The summed E-state index contributed by atoms with van der Waals surface area (Å²) < 4.78 is 31.8. The second kappa shape index (κ2) is 8.61. The Morgan fingerprint density at radius 3 is 2.72 bits per heavy atom. The van der Waals surface area contributed by atoms with Gasteiger partial charge in [0.15, 0.2) is 24.1 Å². The normalized spacial score (nSPS) is 28.1. The quantitative estimate of drug-likeness (QED) is 0.557. The van der Waals surface area contributed by atoms with Crippen molar-refractivity contribution in [2.45, 2.75) is 64.3 Å². The molecule has 4 rings (SSSR count). The molecule has 2 aromatic rings. The summed E-state index contributed by atoms with van der Waals surface area (Å²) in [4.78, 5) is 20.7. The summed E-state index contributed by atoms with van der Waals surface area (Å²) in [5.41, 5.74) is -1.14. The molecule has 176 valence electrons. The van der Waals surface area contributed by atoms with E-state index in [-0.39, 0.29) is 6.61 Å². The molecule has 0 bridgehead atoms. The maximum atomic E-state index is 12.8. The van der Waals surface area contributed by atoms with E-state index < -0.39 is 47.7 Å². The van der Waals surface area contributed by atoms with Crippen molar-refractivity contribution >= 4 is 0 Å². The van der Waals surface area contributed by atoms with Gasteiger partial charge in [0.2, 0.25) is 0 Å². The van der Waals surface area contributed by atoms with Crippen LogP contribution in [-0.2, 0) is 23.7 Å². The fourth-order valence-corrected chi connectivity index (χ4v) is 3.92. The number of aromatic nitrogens is 5. The molecule has 0 aliphatic carbocycles. The Bertz CT molecular complexity index is 977. The molecule has 2 aliphatic heterocycles. The number of ether oxygens (including phenoxy) is 5. The zero-order valence-electron chi connectivity index (χ0n) is 18.7. The minimum Gasteiger partial charge on any atom is -0.384 e. The van der Waals surface area contributed by atoms with Gasteiger partial charge >= 0.3 is 5.69 Å². The van der Waals surface area contributed by atoms with Crippen molar-refractivity contribution < 1.29 is 28.8 Å². The number of aliphatic hydroxyl groups excluding tert-OH is 1. The van der Waals surface area contributed by atoms with E-state index in [9.17, 15) is 9.90 Å². The van der Waals surface area contributed by atoms with Crippen LogP contribution in [0, 0.1) is 5.41 Å². The van der Waals surface area contributed by atoms with Crippen LogP contribution in [-0.4, -0.2) is 80.1 Å². The average Bonchev–Trinajstić information content (AvgIpc) is 3.42. The molecule has 0 spiro atoms. The highest BCUT2D eigenvalue weighted by molar-refractivity contribution is 5.16. The van der Waals surface area contributed by atoms with Gasteiger partial charge in [-0.05, 0) is 19.9 Å². The van der Waals surface area contributed by atoms with Crippen molar-refractivity contribution in [2.75, 3.05) is 20.3 Å². The zero-order valence-corrected chi connectivity index (χ0v) is 18.7. The number of rotatable bonds is 8. The van der Waals surface area contributed by atoms with Crippen LogP contribution in [0.25, 0.3) is 5.82 Å². The number of fused-ring (bicyclic) bond motifs is 1. The smallest absolute Gasteiger partial charge is 0.351 e. The first-order valence-electron chi connectivity index (χ1n) is 10.4. The van der Waals surface area contributed by atoms with Crippen LogP contribution in [0.5, 0.6) is 0 Å². The molecule has 2 aliphatic rings. The Morgan fingerprint density at radius 1 is 1.31 bits per heavy atom. The van der Waals surface area contributed by atoms with E-state index in [0.29, 0.717) is 12.4 Å². The summed E-state index contributed by atoms with van der Waals surface area (Å²) in [6.45, 7) is 7.63. The third kappa shape index (κ3) is 4.47. The Balaban J connectivity index is 1.53. The molecular formula is C20H29N5O7. The summed E-state index contributed by atoms with van der Waals surface area (Å²) in [5, 5.41) is 14.4. The predicted octanol–water partition coefficient (Wildman–Crippen LogP) is 0.249. The highest BCUT2D eigenvalue weighted by Gasteiger charge is 2.56. The van der Waals surface area contributed by atoms with Crippen molar-refractivity contribution in [3.63, 3.8) is 0 Å². The van der Waals surface area contributed by atoms with Gasteiger partial charge in [-0.1, -0.05) is 13.8 Å². The lowest BCUT2D eigenvalue weighted by Crippen LogP contribution is -2.40. The molecule has 1 unspecified atom stereocenters. The Labute approximate surface area is 185 Å². The van der Waals surface area contributed by atoms with Gasteiger partial charge in [0.1, 0.15) is 31.0 Å². The first kappa shape index (κ1) is 23.0. The van der Waals surface area contributed by atoms with E-state index in [1.807, 2.05) is 13.8 Å². The maximum absolute atomic E-state index is 12.8. The molecule has 0 aromatic carbocycles. The van der Waals surface area contributed by atoms with Crippen molar-refractivity contribution in [1.29, 1.82) is 0 Å². The third-order valence-electron chi connectivity index (χ3n) is 5.47. The lowest BCUT2D eigenvalue weighted by atomic mass is 9.94. The SMILES string of the molecule is COCC(C)(C)C(O)OC[C@H]1O[C@@H](n2ccc(-n3cncn3)nc2=O)[C@@H]2OC(C)(C)O[C@@H]21.